The van der Waals surface area contributed by atoms with Crippen LogP contribution in [0.3, 0.4) is 0 Å². The SMILES string of the molecule is CCNC(c1cc(C)ccc1OC)C1CCOC1C. The smallest absolute Gasteiger partial charge is 0.123 e. The molecule has 0 amide bonds. The summed E-state index contributed by atoms with van der Waals surface area (Å²) in [6.45, 7) is 8.26. The summed E-state index contributed by atoms with van der Waals surface area (Å²) in [5.74, 6) is 1.48. The van der Waals surface area contributed by atoms with Gasteiger partial charge in [0.2, 0.25) is 0 Å². The monoisotopic (exact) mass is 263 g/mol. The molecule has 0 radical (unpaired) electrons. The molecule has 3 unspecified atom stereocenters. The quantitative estimate of drug-likeness (QED) is 0.885. The molecule has 1 aromatic rings. The zero-order chi connectivity index (χ0) is 13.8. The second-order valence-corrected chi connectivity index (χ2v) is 5.31. The summed E-state index contributed by atoms with van der Waals surface area (Å²) in [6, 6.07) is 6.70. The first-order valence-electron chi connectivity index (χ1n) is 7.17. The third-order valence-corrected chi connectivity index (χ3v) is 4.01. The van der Waals surface area contributed by atoms with Gasteiger partial charge in [0.15, 0.2) is 0 Å². The van der Waals surface area contributed by atoms with E-state index in [9.17, 15) is 0 Å². The lowest BCUT2D eigenvalue weighted by molar-refractivity contribution is 0.0952. The van der Waals surface area contributed by atoms with Gasteiger partial charge in [-0.15, -0.1) is 0 Å². The van der Waals surface area contributed by atoms with Gasteiger partial charge in [0.05, 0.1) is 13.2 Å². The first-order valence-corrected chi connectivity index (χ1v) is 7.17. The highest BCUT2D eigenvalue weighted by molar-refractivity contribution is 5.39. The minimum atomic E-state index is 0.300. The van der Waals surface area contributed by atoms with Crippen molar-refractivity contribution in [3.05, 3.63) is 29.3 Å². The topological polar surface area (TPSA) is 30.5 Å². The van der Waals surface area contributed by atoms with Crippen LogP contribution in [-0.2, 0) is 4.74 Å². The van der Waals surface area contributed by atoms with Crippen molar-refractivity contribution in [2.75, 3.05) is 20.3 Å². The molecule has 0 spiro atoms. The van der Waals surface area contributed by atoms with Crippen molar-refractivity contribution in [3.63, 3.8) is 0 Å². The predicted octanol–water partition coefficient (Wildman–Crippen LogP) is 3.08. The summed E-state index contributed by atoms with van der Waals surface area (Å²) in [7, 11) is 1.74. The average molecular weight is 263 g/mol. The first kappa shape index (κ1) is 14.4. The van der Waals surface area contributed by atoms with Crippen LogP contribution in [0.1, 0.15) is 37.4 Å². The Morgan fingerprint density at radius 2 is 2.26 bits per heavy atom. The Morgan fingerprint density at radius 3 is 2.84 bits per heavy atom. The highest BCUT2D eigenvalue weighted by Gasteiger charge is 2.33. The van der Waals surface area contributed by atoms with Crippen LogP contribution >= 0.6 is 0 Å². The Bertz CT molecular complexity index is 419. The van der Waals surface area contributed by atoms with Gasteiger partial charge in [0, 0.05) is 24.1 Å². The summed E-state index contributed by atoms with van der Waals surface area (Å²) >= 11 is 0. The van der Waals surface area contributed by atoms with E-state index in [4.69, 9.17) is 9.47 Å². The molecule has 3 heteroatoms. The Kier molecular flexibility index (Phi) is 4.83. The van der Waals surface area contributed by atoms with Gasteiger partial charge < -0.3 is 14.8 Å². The van der Waals surface area contributed by atoms with Crippen LogP contribution in [0.2, 0.25) is 0 Å². The number of aryl methyl sites for hydroxylation is 1. The Morgan fingerprint density at radius 1 is 1.47 bits per heavy atom. The van der Waals surface area contributed by atoms with E-state index in [0.717, 1.165) is 25.3 Å². The van der Waals surface area contributed by atoms with Crippen LogP contribution < -0.4 is 10.1 Å². The van der Waals surface area contributed by atoms with Crippen LogP contribution in [0.5, 0.6) is 5.75 Å². The Labute approximate surface area is 116 Å². The molecule has 3 atom stereocenters. The number of nitrogens with one attached hydrogen (secondary N) is 1. The molecule has 1 N–H and O–H groups in total. The van der Waals surface area contributed by atoms with E-state index >= 15 is 0 Å². The molecule has 3 nitrogen and oxygen atoms in total. The highest BCUT2D eigenvalue weighted by atomic mass is 16.5. The summed E-state index contributed by atoms with van der Waals surface area (Å²) < 4.78 is 11.3. The average Bonchev–Trinajstić information content (AvgIpc) is 2.82. The molecule has 1 aliphatic rings. The number of hydrogen-bond acceptors (Lipinski definition) is 3. The lowest BCUT2D eigenvalue weighted by Crippen LogP contribution is -2.32. The fourth-order valence-electron chi connectivity index (χ4n) is 2.99. The molecular weight excluding hydrogens is 238 g/mol. The zero-order valence-electron chi connectivity index (χ0n) is 12.4. The van der Waals surface area contributed by atoms with E-state index in [1.165, 1.54) is 11.1 Å². The van der Waals surface area contributed by atoms with Crippen LogP contribution in [0.4, 0.5) is 0 Å². The van der Waals surface area contributed by atoms with Gasteiger partial charge in [-0.05, 0) is 32.9 Å². The fourth-order valence-corrected chi connectivity index (χ4v) is 2.99. The Hall–Kier alpha value is -1.06. The summed E-state index contributed by atoms with van der Waals surface area (Å²) in [4.78, 5) is 0. The van der Waals surface area contributed by atoms with Crippen LogP contribution in [0.15, 0.2) is 18.2 Å². The van der Waals surface area contributed by atoms with Crippen molar-refractivity contribution in [2.45, 2.75) is 39.3 Å². The molecule has 0 saturated carbocycles. The van der Waals surface area contributed by atoms with Gasteiger partial charge in [-0.2, -0.15) is 0 Å². The molecule has 0 bridgehead atoms. The van der Waals surface area contributed by atoms with Crippen molar-refractivity contribution in [1.82, 2.24) is 5.32 Å². The first-order chi connectivity index (χ1) is 9.17. The summed E-state index contributed by atoms with van der Waals surface area (Å²) in [5.41, 5.74) is 2.52. The second kappa shape index (κ2) is 6.40. The maximum atomic E-state index is 5.74. The third kappa shape index (κ3) is 3.10. The van der Waals surface area contributed by atoms with E-state index in [0.29, 0.717) is 18.1 Å². The standard InChI is InChI=1S/C16H25NO2/c1-5-17-16(13-8-9-19-12(13)3)14-10-11(2)6-7-15(14)18-4/h6-7,10,12-13,16-17H,5,8-9H2,1-4H3. The minimum absolute atomic E-state index is 0.300. The van der Waals surface area contributed by atoms with Gasteiger partial charge in [-0.3, -0.25) is 0 Å². The highest BCUT2D eigenvalue weighted by Crippen LogP contribution is 2.37. The zero-order valence-corrected chi connectivity index (χ0v) is 12.4. The molecule has 0 aliphatic carbocycles. The van der Waals surface area contributed by atoms with Crippen molar-refractivity contribution in [1.29, 1.82) is 0 Å². The molecule has 19 heavy (non-hydrogen) atoms. The lowest BCUT2D eigenvalue weighted by atomic mass is 9.87. The van der Waals surface area contributed by atoms with Crippen molar-refractivity contribution in [2.24, 2.45) is 5.92 Å². The number of hydrogen-bond donors (Lipinski definition) is 1. The second-order valence-electron chi connectivity index (χ2n) is 5.31. The molecule has 1 fully saturated rings. The van der Waals surface area contributed by atoms with Gasteiger partial charge in [-0.1, -0.05) is 24.6 Å². The van der Waals surface area contributed by atoms with Crippen molar-refractivity contribution >= 4 is 0 Å². The predicted molar refractivity (Wildman–Crippen MR) is 77.7 cm³/mol. The molecule has 1 heterocycles. The molecule has 106 valence electrons. The van der Waals surface area contributed by atoms with Gasteiger partial charge in [-0.25, -0.2) is 0 Å². The van der Waals surface area contributed by atoms with E-state index < -0.39 is 0 Å². The fraction of sp³-hybridized carbons (Fsp3) is 0.625. The van der Waals surface area contributed by atoms with Crippen molar-refractivity contribution < 1.29 is 9.47 Å². The van der Waals surface area contributed by atoms with Crippen LogP contribution in [0, 0.1) is 12.8 Å². The molecule has 1 aromatic carbocycles. The minimum Gasteiger partial charge on any atom is -0.496 e. The number of benzene rings is 1. The molecular formula is C16H25NO2. The summed E-state index contributed by atoms with van der Waals surface area (Å²) in [5, 5.41) is 3.61. The van der Waals surface area contributed by atoms with Crippen LogP contribution in [-0.4, -0.2) is 26.4 Å². The largest absolute Gasteiger partial charge is 0.496 e. The molecule has 1 aliphatic heterocycles. The van der Waals surface area contributed by atoms with E-state index in [1.807, 2.05) is 0 Å². The van der Waals surface area contributed by atoms with E-state index in [1.54, 1.807) is 7.11 Å². The van der Waals surface area contributed by atoms with Crippen molar-refractivity contribution in [3.8, 4) is 5.75 Å². The lowest BCUT2D eigenvalue weighted by Gasteiger charge is -2.28. The third-order valence-electron chi connectivity index (χ3n) is 4.01. The molecule has 1 saturated heterocycles. The molecule has 2 rings (SSSR count). The Balaban J connectivity index is 2.35. The van der Waals surface area contributed by atoms with Gasteiger partial charge >= 0.3 is 0 Å². The van der Waals surface area contributed by atoms with Gasteiger partial charge in [0.1, 0.15) is 5.75 Å². The maximum absolute atomic E-state index is 5.74. The number of ether oxygens (including phenoxy) is 2. The van der Waals surface area contributed by atoms with E-state index in [-0.39, 0.29) is 0 Å². The normalized spacial score (nSPS) is 24.4. The summed E-state index contributed by atoms with van der Waals surface area (Å²) in [6.07, 6.45) is 1.41. The number of methoxy groups -OCH3 is 1. The van der Waals surface area contributed by atoms with Crippen LogP contribution in [0.25, 0.3) is 0 Å². The van der Waals surface area contributed by atoms with Gasteiger partial charge in [0.25, 0.3) is 0 Å². The maximum Gasteiger partial charge on any atom is 0.123 e. The number of rotatable bonds is 5. The van der Waals surface area contributed by atoms with E-state index in [2.05, 4.69) is 44.3 Å². The molecule has 0 aromatic heterocycles.